The van der Waals surface area contributed by atoms with Gasteiger partial charge in [0.1, 0.15) is 12.3 Å². The first-order chi connectivity index (χ1) is 21.6. The Balaban J connectivity index is 1.10. The molecule has 45 heavy (non-hydrogen) atoms. The van der Waals surface area contributed by atoms with Gasteiger partial charge in [-0.2, -0.15) is 5.10 Å². The molecule has 2 aromatic heterocycles. The number of ether oxygens (including phenoxy) is 1. The number of hydrazone groups is 1. The van der Waals surface area contributed by atoms with Gasteiger partial charge in [-0.15, -0.1) is 0 Å². The summed E-state index contributed by atoms with van der Waals surface area (Å²) >= 11 is 0. The molecule has 0 saturated heterocycles. The molecule has 10 nitrogen and oxygen atoms in total. The first-order valence-corrected chi connectivity index (χ1v) is 16.3. The van der Waals surface area contributed by atoms with Gasteiger partial charge in [-0.3, -0.25) is 4.79 Å². The van der Waals surface area contributed by atoms with Crippen LogP contribution in [0.2, 0.25) is 0 Å². The Kier molecular flexibility index (Phi) is 6.38. The SMILES string of the molecule is CC12CC[C@H]3[C@@H](CCC4(O)C[C@H](O)CCC34C=NNC(=O)c3cc4c(cn3)[nH]c3ccccc34)C1(O)CCC2C1=CC(=O)OC1. The van der Waals surface area contributed by atoms with Crippen molar-refractivity contribution in [3.05, 3.63) is 53.9 Å². The number of carbonyl (C=O) groups is 2. The van der Waals surface area contributed by atoms with E-state index in [1.807, 2.05) is 24.3 Å². The van der Waals surface area contributed by atoms with Crippen molar-refractivity contribution in [2.45, 2.75) is 82.0 Å². The van der Waals surface area contributed by atoms with E-state index in [4.69, 9.17) is 4.74 Å². The van der Waals surface area contributed by atoms with Crippen molar-refractivity contribution in [1.29, 1.82) is 0 Å². The van der Waals surface area contributed by atoms with E-state index in [2.05, 4.69) is 27.4 Å². The predicted molar refractivity (Wildman–Crippen MR) is 167 cm³/mol. The highest BCUT2D eigenvalue weighted by Gasteiger charge is 2.71. The summed E-state index contributed by atoms with van der Waals surface area (Å²) in [5.41, 5.74) is 2.27. The number of aromatic amines is 1. The molecule has 5 N–H and O–H groups in total. The van der Waals surface area contributed by atoms with Crippen LogP contribution in [-0.2, 0) is 9.53 Å². The second kappa shape index (κ2) is 9.95. The summed E-state index contributed by atoms with van der Waals surface area (Å²) in [5, 5.41) is 41.9. The molecule has 10 heteroatoms. The molecule has 1 aromatic carbocycles. The Labute approximate surface area is 260 Å². The highest BCUT2D eigenvalue weighted by Crippen LogP contribution is 2.70. The number of aromatic nitrogens is 2. The Bertz CT molecular complexity index is 1780. The number of fused-ring (bicyclic) bond motifs is 8. The number of hydrogen-bond acceptors (Lipinski definition) is 8. The van der Waals surface area contributed by atoms with E-state index in [0.29, 0.717) is 38.7 Å². The number of aliphatic hydroxyl groups excluding tert-OH is 1. The minimum absolute atomic E-state index is 0.0646. The molecule has 8 atom stereocenters. The Morgan fingerprint density at radius 2 is 1.89 bits per heavy atom. The summed E-state index contributed by atoms with van der Waals surface area (Å²) in [4.78, 5) is 32.9. The Morgan fingerprint density at radius 1 is 1.07 bits per heavy atom. The second-order valence-electron chi connectivity index (χ2n) is 14.5. The van der Waals surface area contributed by atoms with E-state index in [-0.39, 0.29) is 35.8 Å². The van der Waals surface area contributed by atoms with Crippen molar-refractivity contribution in [2.24, 2.45) is 33.7 Å². The molecule has 4 saturated carbocycles. The summed E-state index contributed by atoms with van der Waals surface area (Å²) in [6.07, 6.45) is 9.58. The van der Waals surface area contributed by atoms with E-state index >= 15 is 0 Å². The monoisotopic (exact) mass is 612 g/mol. The third kappa shape index (κ3) is 4.04. The molecule has 3 aromatic rings. The number of rotatable bonds is 4. The third-order valence-electron chi connectivity index (χ3n) is 12.7. The zero-order valence-corrected chi connectivity index (χ0v) is 25.5. The summed E-state index contributed by atoms with van der Waals surface area (Å²) < 4.78 is 5.26. The largest absolute Gasteiger partial charge is 0.458 e. The number of benzene rings is 1. The zero-order valence-electron chi connectivity index (χ0n) is 25.5. The van der Waals surface area contributed by atoms with Gasteiger partial charge in [0.25, 0.3) is 5.91 Å². The van der Waals surface area contributed by atoms with Crippen LogP contribution in [0, 0.1) is 28.6 Å². The topological polar surface area (TPSA) is 157 Å². The molecular formula is C35H40N4O6. The van der Waals surface area contributed by atoms with Crippen molar-refractivity contribution in [3.63, 3.8) is 0 Å². The van der Waals surface area contributed by atoms with Crippen LogP contribution in [0.15, 0.2) is 53.3 Å². The summed E-state index contributed by atoms with van der Waals surface area (Å²) in [6, 6.07) is 9.65. The number of carbonyl (C=O) groups excluding carboxylic acids is 2. The number of esters is 1. The molecule has 1 aliphatic heterocycles. The fraction of sp³-hybridized carbons (Fsp3) is 0.543. The molecular weight excluding hydrogens is 572 g/mol. The van der Waals surface area contributed by atoms with E-state index in [9.17, 15) is 24.9 Å². The van der Waals surface area contributed by atoms with Crippen molar-refractivity contribution in [3.8, 4) is 0 Å². The smallest absolute Gasteiger partial charge is 0.331 e. The fourth-order valence-corrected chi connectivity index (χ4v) is 10.5. The number of nitrogens with one attached hydrogen (secondary N) is 2. The van der Waals surface area contributed by atoms with Gasteiger partial charge in [0.15, 0.2) is 0 Å². The van der Waals surface area contributed by atoms with Crippen LogP contribution in [0.1, 0.15) is 75.2 Å². The molecule has 5 aliphatic rings. The maximum absolute atomic E-state index is 13.3. The number of nitrogens with zero attached hydrogens (tertiary/aromatic N) is 2. The van der Waals surface area contributed by atoms with Gasteiger partial charge in [-0.25, -0.2) is 15.2 Å². The lowest BCUT2D eigenvalue weighted by molar-refractivity contribution is -0.237. The number of hydrogen-bond donors (Lipinski definition) is 5. The van der Waals surface area contributed by atoms with Crippen LogP contribution in [0.5, 0.6) is 0 Å². The number of pyridine rings is 1. The summed E-state index contributed by atoms with van der Waals surface area (Å²) in [7, 11) is 0. The van der Waals surface area contributed by atoms with Gasteiger partial charge in [0, 0.05) is 45.8 Å². The van der Waals surface area contributed by atoms with Gasteiger partial charge in [-0.1, -0.05) is 25.1 Å². The lowest BCUT2D eigenvalue weighted by atomic mass is 9.41. The lowest BCUT2D eigenvalue weighted by Crippen LogP contribution is -2.68. The molecule has 4 fully saturated rings. The molecule has 8 rings (SSSR count). The average molecular weight is 613 g/mol. The molecule has 3 heterocycles. The van der Waals surface area contributed by atoms with Gasteiger partial charge in [0.2, 0.25) is 0 Å². The van der Waals surface area contributed by atoms with Gasteiger partial charge >= 0.3 is 5.97 Å². The van der Waals surface area contributed by atoms with Gasteiger partial charge < -0.3 is 25.0 Å². The molecule has 5 unspecified atom stereocenters. The molecule has 0 radical (unpaired) electrons. The minimum Gasteiger partial charge on any atom is -0.458 e. The number of amides is 1. The average Bonchev–Trinajstić information content (AvgIpc) is 3.69. The van der Waals surface area contributed by atoms with Crippen LogP contribution in [0.25, 0.3) is 21.8 Å². The second-order valence-corrected chi connectivity index (χ2v) is 14.5. The molecule has 4 aliphatic carbocycles. The lowest BCUT2D eigenvalue weighted by Gasteiger charge is -2.65. The highest BCUT2D eigenvalue weighted by molar-refractivity contribution is 6.09. The number of H-pyrrole nitrogens is 1. The molecule has 0 spiro atoms. The predicted octanol–water partition coefficient (Wildman–Crippen LogP) is 4.14. The van der Waals surface area contributed by atoms with Crippen LogP contribution in [-0.4, -0.2) is 67.3 Å². The molecule has 1 amide bonds. The van der Waals surface area contributed by atoms with Crippen molar-refractivity contribution < 1.29 is 29.6 Å². The van der Waals surface area contributed by atoms with Crippen LogP contribution in [0.4, 0.5) is 0 Å². The van der Waals surface area contributed by atoms with Crippen LogP contribution >= 0.6 is 0 Å². The van der Waals surface area contributed by atoms with Crippen LogP contribution < -0.4 is 5.43 Å². The molecule has 236 valence electrons. The first-order valence-electron chi connectivity index (χ1n) is 16.3. The number of aliphatic hydroxyl groups is 3. The van der Waals surface area contributed by atoms with Crippen molar-refractivity contribution in [2.75, 3.05) is 6.61 Å². The fourth-order valence-electron chi connectivity index (χ4n) is 10.5. The summed E-state index contributed by atoms with van der Waals surface area (Å²) in [5.74, 6) is -0.873. The van der Waals surface area contributed by atoms with Gasteiger partial charge in [0.05, 0.1) is 29.0 Å². The number of cyclic esters (lactones) is 1. The standard InChI is InChI=1S/C35H40N4O6/c1-32-10-7-25-26(35(32,44)13-9-24(32)20-14-30(41)45-18-20)8-12-34(43)16-21(40)6-11-33(25,34)19-37-39-31(42)28-15-23-22-4-2-3-5-27(22)38-29(23)17-36-28/h2-5,14-15,17,19,21,24-26,38,40,43-44H,6-13,16,18H2,1H3,(H,39,42)/t21-,24?,25+,26-,32?,33?,34?,35?/m1/s1. The Hall–Kier alpha value is -3.60. The molecule has 0 bridgehead atoms. The van der Waals surface area contributed by atoms with E-state index < -0.39 is 34.0 Å². The minimum atomic E-state index is -1.21. The number of para-hydroxylation sites is 1. The highest BCUT2D eigenvalue weighted by atomic mass is 16.5. The summed E-state index contributed by atoms with van der Waals surface area (Å²) in [6.45, 7) is 2.45. The van der Waals surface area contributed by atoms with E-state index in [0.717, 1.165) is 46.6 Å². The zero-order chi connectivity index (χ0) is 31.2. The quantitative estimate of drug-likeness (QED) is 0.168. The van der Waals surface area contributed by atoms with Crippen molar-refractivity contribution in [1.82, 2.24) is 15.4 Å². The first kappa shape index (κ1) is 28.8. The Morgan fingerprint density at radius 3 is 2.71 bits per heavy atom. The van der Waals surface area contributed by atoms with Crippen molar-refractivity contribution >= 4 is 39.9 Å². The van der Waals surface area contributed by atoms with E-state index in [1.54, 1.807) is 24.6 Å². The maximum Gasteiger partial charge on any atom is 0.331 e. The third-order valence-corrected chi connectivity index (χ3v) is 12.7. The normalized spacial score (nSPS) is 39.4. The van der Waals surface area contributed by atoms with E-state index in [1.165, 1.54) is 0 Å². The van der Waals surface area contributed by atoms with Crippen LogP contribution in [0.3, 0.4) is 0 Å². The maximum atomic E-state index is 13.3. The van der Waals surface area contributed by atoms with Gasteiger partial charge in [-0.05, 0) is 86.8 Å².